The van der Waals surface area contributed by atoms with Crippen LogP contribution in [-0.2, 0) is 32.6 Å². The number of hydrogen-bond acceptors (Lipinski definition) is 0. The van der Waals surface area contributed by atoms with E-state index < -0.39 is 0 Å². The van der Waals surface area contributed by atoms with E-state index >= 15 is 0 Å². The minimum absolute atomic E-state index is 0. The molecular weight excluding hydrogens is 235 g/mol. The van der Waals surface area contributed by atoms with Crippen LogP contribution in [0.3, 0.4) is 0 Å². The van der Waals surface area contributed by atoms with Gasteiger partial charge in [0.2, 0.25) is 0 Å². The molecule has 2 aromatic rings. The van der Waals surface area contributed by atoms with Crippen molar-refractivity contribution in [3.05, 3.63) is 65.7 Å². The van der Waals surface area contributed by atoms with Crippen molar-refractivity contribution in [1.29, 1.82) is 0 Å². The van der Waals surface area contributed by atoms with Crippen molar-refractivity contribution in [1.82, 2.24) is 0 Å². The van der Waals surface area contributed by atoms with Crippen LogP contribution in [0.15, 0.2) is 54.6 Å². The third-order valence-electron chi connectivity index (χ3n) is 1.98. The Labute approximate surface area is 98.1 Å². The summed E-state index contributed by atoms with van der Waals surface area (Å²) < 4.78 is 0. The summed E-state index contributed by atoms with van der Waals surface area (Å²) in [7, 11) is 0. The van der Waals surface area contributed by atoms with Gasteiger partial charge in [-0.2, -0.15) is 17.7 Å². The molecule has 13 heavy (non-hydrogen) atoms. The van der Waals surface area contributed by atoms with Gasteiger partial charge >= 0.3 is 0 Å². The van der Waals surface area contributed by atoms with Crippen molar-refractivity contribution in [3.8, 4) is 0 Å². The van der Waals surface area contributed by atoms with Gasteiger partial charge in [-0.1, -0.05) is 35.9 Å². The first kappa shape index (κ1) is 10.5. The third kappa shape index (κ3) is 3.01. The molecule has 1 heteroatoms. The van der Waals surface area contributed by atoms with Crippen molar-refractivity contribution in [2.24, 2.45) is 0 Å². The molecule has 0 amide bonds. The second-order valence-corrected chi connectivity index (χ2v) is 2.96. The zero-order chi connectivity index (χ0) is 8.23. The molecule has 0 aliphatic heterocycles. The van der Waals surface area contributed by atoms with E-state index in [4.69, 9.17) is 0 Å². The zero-order valence-electron chi connectivity index (χ0n) is 7.40. The number of benzene rings is 1. The molecule has 0 aromatic heterocycles. The predicted molar refractivity (Wildman–Crippen MR) is 51.3 cm³/mol. The second-order valence-electron chi connectivity index (χ2n) is 2.96. The van der Waals surface area contributed by atoms with E-state index in [0.717, 1.165) is 6.42 Å². The van der Waals surface area contributed by atoms with E-state index in [9.17, 15) is 0 Å². The molecular formula is C12H11Zr-. The Bertz CT molecular complexity index is 321. The summed E-state index contributed by atoms with van der Waals surface area (Å²) in [5.41, 5.74) is 2.77. The van der Waals surface area contributed by atoms with Crippen molar-refractivity contribution < 1.29 is 26.2 Å². The van der Waals surface area contributed by atoms with Crippen LogP contribution in [0.4, 0.5) is 0 Å². The van der Waals surface area contributed by atoms with Gasteiger partial charge in [-0.15, -0.1) is 0 Å². The van der Waals surface area contributed by atoms with Gasteiger partial charge in [0.05, 0.1) is 0 Å². The Hall–Kier alpha value is -0.547. The molecule has 0 aliphatic rings. The fourth-order valence-corrected chi connectivity index (χ4v) is 1.36. The first-order valence-electron chi connectivity index (χ1n) is 4.20. The quantitative estimate of drug-likeness (QED) is 0.715. The van der Waals surface area contributed by atoms with E-state index in [-0.39, 0.29) is 26.2 Å². The van der Waals surface area contributed by atoms with Gasteiger partial charge in [0.1, 0.15) is 0 Å². The van der Waals surface area contributed by atoms with E-state index in [2.05, 4.69) is 54.6 Å². The van der Waals surface area contributed by atoms with Crippen molar-refractivity contribution >= 4 is 0 Å². The van der Waals surface area contributed by atoms with E-state index in [1.165, 1.54) is 11.1 Å². The van der Waals surface area contributed by atoms with Gasteiger partial charge in [0.25, 0.3) is 0 Å². The van der Waals surface area contributed by atoms with Crippen LogP contribution in [0, 0.1) is 0 Å². The Kier molecular flexibility index (Phi) is 4.25. The molecule has 0 aliphatic carbocycles. The fraction of sp³-hybridized carbons (Fsp3) is 0.0833. The minimum Gasteiger partial charge on any atom is -0.213 e. The molecule has 0 radical (unpaired) electrons. The maximum atomic E-state index is 2.16. The predicted octanol–water partition coefficient (Wildman–Crippen LogP) is 2.99. The van der Waals surface area contributed by atoms with Crippen LogP contribution in [-0.4, -0.2) is 0 Å². The van der Waals surface area contributed by atoms with E-state index in [1.54, 1.807) is 0 Å². The maximum absolute atomic E-state index is 2.16. The molecule has 2 rings (SSSR count). The molecule has 0 atom stereocenters. The minimum atomic E-state index is 0. The van der Waals surface area contributed by atoms with Crippen LogP contribution in [0.5, 0.6) is 0 Å². The standard InChI is InChI=1S/C12H11.Zr/c1-2-6-11(7-3-1)10-12-8-4-5-9-12;/h1-9H,10H2;/q-1;. The molecule has 0 saturated carbocycles. The van der Waals surface area contributed by atoms with Crippen molar-refractivity contribution in [2.75, 3.05) is 0 Å². The van der Waals surface area contributed by atoms with Crippen LogP contribution < -0.4 is 0 Å². The summed E-state index contributed by atoms with van der Waals surface area (Å²) in [6, 6.07) is 19.0. The summed E-state index contributed by atoms with van der Waals surface area (Å²) in [6.07, 6.45) is 1.05. The van der Waals surface area contributed by atoms with E-state index in [0.29, 0.717) is 0 Å². The fourth-order valence-electron chi connectivity index (χ4n) is 1.36. The Morgan fingerprint density at radius 2 is 1.46 bits per heavy atom. The molecule has 0 N–H and O–H groups in total. The summed E-state index contributed by atoms with van der Waals surface area (Å²) in [6.45, 7) is 0. The molecule has 0 saturated heterocycles. The molecule has 0 spiro atoms. The van der Waals surface area contributed by atoms with Gasteiger partial charge in [-0.05, 0) is 6.42 Å². The Balaban J connectivity index is 0.000000845. The van der Waals surface area contributed by atoms with Gasteiger partial charge in [0.15, 0.2) is 0 Å². The SMILES string of the molecule is [Zr].c1ccc(C[c-]2cccc2)cc1. The smallest absolute Gasteiger partial charge is 0 e. The first-order chi connectivity index (χ1) is 5.95. The summed E-state index contributed by atoms with van der Waals surface area (Å²) in [5.74, 6) is 0. The molecule has 0 nitrogen and oxygen atoms in total. The molecule has 0 unspecified atom stereocenters. The summed E-state index contributed by atoms with van der Waals surface area (Å²) in [5, 5.41) is 0. The van der Waals surface area contributed by atoms with Gasteiger partial charge in [-0.25, -0.2) is 12.1 Å². The third-order valence-corrected chi connectivity index (χ3v) is 1.98. The Morgan fingerprint density at radius 1 is 0.846 bits per heavy atom. The second kappa shape index (κ2) is 5.24. The number of hydrogen-bond donors (Lipinski definition) is 0. The van der Waals surface area contributed by atoms with Crippen molar-refractivity contribution in [3.63, 3.8) is 0 Å². The van der Waals surface area contributed by atoms with Crippen LogP contribution in [0.25, 0.3) is 0 Å². The monoisotopic (exact) mass is 245 g/mol. The molecule has 0 heterocycles. The number of rotatable bonds is 2. The van der Waals surface area contributed by atoms with Gasteiger partial charge in [0, 0.05) is 26.2 Å². The topological polar surface area (TPSA) is 0 Å². The summed E-state index contributed by atoms with van der Waals surface area (Å²) in [4.78, 5) is 0. The maximum Gasteiger partial charge on any atom is 0 e. The van der Waals surface area contributed by atoms with Gasteiger partial charge in [-0.3, -0.25) is 0 Å². The molecule has 0 fully saturated rings. The molecule has 64 valence electrons. The van der Waals surface area contributed by atoms with E-state index in [1.807, 2.05) is 0 Å². The van der Waals surface area contributed by atoms with Crippen molar-refractivity contribution in [2.45, 2.75) is 6.42 Å². The Morgan fingerprint density at radius 3 is 2.08 bits per heavy atom. The zero-order valence-corrected chi connectivity index (χ0v) is 9.86. The summed E-state index contributed by atoms with van der Waals surface area (Å²) >= 11 is 0. The van der Waals surface area contributed by atoms with Crippen LogP contribution in [0.1, 0.15) is 11.1 Å². The first-order valence-corrected chi connectivity index (χ1v) is 4.20. The molecule has 2 aromatic carbocycles. The normalized spacial score (nSPS) is 9.23. The average Bonchev–Trinajstić information content (AvgIpc) is 2.59. The largest absolute Gasteiger partial charge is 0.213 e. The average molecular weight is 246 g/mol. The molecule has 0 bridgehead atoms. The van der Waals surface area contributed by atoms with Crippen LogP contribution in [0.2, 0.25) is 0 Å². The van der Waals surface area contributed by atoms with Crippen LogP contribution >= 0.6 is 0 Å². The van der Waals surface area contributed by atoms with Gasteiger partial charge < -0.3 is 0 Å².